The van der Waals surface area contributed by atoms with E-state index in [0.717, 1.165) is 21.9 Å². The molecule has 0 saturated carbocycles. The molecule has 0 spiro atoms. The largest absolute Gasteiger partial charge is 0.477 e. The van der Waals surface area contributed by atoms with Crippen molar-refractivity contribution in [1.82, 2.24) is 9.97 Å². The Labute approximate surface area is 102 Å². The number of hydrogen-bond acceptors (Lipinski definition) is 4. The lowest BCUT2D eigenvalue weighted by atomic mass is 10.2. The smallest absolute Gasteiger partial charge is 0.278 e. The third-order valence-corrected chi connectivity index (χ3v) is 2.86. The lowest BCUT2D eigenvalue weighted by molar-refractivity contribution is 0.334. The zero-order chi connectivity index (χ0) is 11.5. The van der Waals surface area contributed by atoms with Crippen LogP contribution in [0.25, 0.3) is 11.0 Å². The average Bonchev–Trinajstić information content (AvgIpc) is 2.36. The van der Waals surface area contributed by atoms with Crippen molar-refractivity contribution in [2.24, 2.45) is 0 Å². The molecular weight excluding hydrogens is 272 g/mol. The van der Waals surface area contributed by atoms with Gasteiger partial charge in [-0.25, -0.2) is 9.97 Å². The second-order valence-electron chi connectivity index (χ2n) is 3.20. The van der Waals surface area contributed by atoms with E-state index in [2.05, 4.69) is 25.9 Å². The summed E-state index contributed by atoms with van der Waals surface area (Å²) in [6, 6.07) is 5.89. The highest BCUT2D eigenvalue weighted by atomic mass is 79.9. The minimum absolute atomic E-state index is 0.404. The minimum Gasteiger partial charge on any atom is -0.477 e. The number of alkyl halides is 1. The third-order valence-electron chi connectivity index (χ3n) is 2.21. The van der Waals surface area contributed by atoms with Gasteiger partial charge in [-0.05, 0) is 17.7 Å². The van der Waals surface area contributed by atoms with Gasteiger partial charge in [0, 0.05) is 5.33 Å². The molecule has 0 aliphatic rings. The van der Waals surface area contributed by atoms with Crippen LogP contribution in [-0.4, -0.2) is 24.2 Å². The first-order valence-corrected chi connectivity index (χ1v) is 5.85. The summed E-state index contributed by atoms with van der Waals surface area (Å²) in [6.45, 7) is 0. The molecule has 1 aromatic heterocycles. The standard InChI is InChI=1S/C11H11BrN2O2/c1-15-10-11(16-2)14-9-5-7(6-12)3-4-8(9)13-10/h3-5H,6H2,1-2H3. The van der Waals surface area contributed by atoms with E-state index in [0.29, 0.717) is 11.8 Å². The Hall–Kier alpha value is -1.36. The summed E-state index contributed by atoms with van der Waals surface area (Å²) in [5.74, 6) is 0.809. The predicted octanol–water partition coefficient (Wildman–Crippen LogP) is 2.54. The number of benzene rings is 1. The molecule has 16 heavy (non-hydrogen) atoms. The summed E-state index contributed by atoms with van der Waals surface area (Å²) in [4.78, 5) is 8.66. The van der Waals surface area contributed by atoms with Gasteiger partial charge in [-0.1, -0.05) is 22.0 Å². The molecule has 2 aromatic rings. The van der Waals surface area contributed by atoms with Crippen molar-refractivity contribution in [3.05, 3.63) is 23.8 Å². The number of ether oxygens (including phenoxy) is 2. The fourth-order valence-corrected chi connectivity index (χ4v) is 1.77. The zero-order valence-corrected chi connectivity index (χ0v) is 10.6. The number of aromatic nitrogens is 2. The number of halogens is 1. The first-order valence-electron chi connectivity index (χ1n) is 4.73. The molecule has 0 saturated heterocycles. The van der Waals surface area contributed by atoms with Gasteiger partial charge in [0.2, 0.25) is 0 Å². The summed E-state index contributed by atoms with van der Waals surface area (Å²) in [5, 5.41) is 0.791. The molecule has 0 radical (unpaired) electrons. The molecule has 0 fully saturated rings. The van der Waals surface area contributed by atoms with Gasteiger partial charge >= 0.3 is 0 Å². The molecule has 0 unspecified atom stereocenters. The van der Waals surface area contributed by atoms with Gasteiger partial charge in [0.25, 0.3) is 11.8 Å². The molecule has 0 aliphatic carbocycles. The van der Waals surface area contributed by atoms with Crippen molar-refractivity contribution in [2.45, 2.75) is 5.33 Å². The molecule has 1 heterocycles. The van der Waals surface area contributed by atoms with E-state index in [-0.39, 0.29) is 0 Å². The van der Waals surface area contributed by atoms with Crippen molar-refractivity contribution in [3.63, 3.8) is 0 Å². The molecule has 0 atom stereocenters. The van der Waals surface area contributed by atoms with E-state index in [1.54, 1.807) is 14.2 Å². The van der Waals surface area contributed by atoms with E-state index in [9.17, 15) is 0 Å². The average molecular weight is 283 g/mol. The van der Waals surface area contributed by atoms with Crippen molar-refractivity contribution < 1.29 is 9.47 Å². The van der Waals surface area contributed by atoms with E-state index < -0.39 is 0 Å². The first kappa shape index (κ1) is 11.1. The van der Waals surface area contributed by atoms with Crippen LogP contribution >= 0.6 is 15.9 Å². The van der Waals surface area contributed by atoms with Gasteiger partial charge in [0.05, 0.1) is 25.3 Å². The second-order valence-corrected chi connectivity index (χ2v) is 3.76. The molecule has 4 nitrogen and oxygen atoms in total. The van der Waals surface area contributed by atoms with Crippen molar-refractivity contribution in [2.75, 3.05) is 14.2 Å². The molecular formula is C11H11BrN2O2. The van der Waals surface area contributed by atoms with Crippen LogP contribution in [0.5, 0.6) is 11.8 Å². The van der Waals surface area contributed by atoms with E-state index in [4.69, 9.17) is 9.47 Å². The maximum Gasteiger partial charge on any atom is 0.278 e. The summed E-state index contributed by atoms with van der Waals surface area (Å²) in [6.07, 6.45) is 0. The third kappa shape index (κ3) is 1.95. The molecule has 5 heteroatoms. The highest BCUT2D eigenvalue weighted by molar-refractivity contribution is 9.08. The van der Waals surface area contributed by atoms with Crippen LogP contribution in [0.1, 0.15) is 5.56 Å². The second kappa shape index (κ2) is 4.65. The molecule has 1 aromatic carbocycles. The number of nitrogens with zero attached hydrogens (tertiary/aromatic N) is 2. The van der Waals surface area contributed by atoms with Crippen molar-refractivity contribution >= 4 is 27.0 Å². The number of fused-ring (bicyclic) bond motifs is 1. The highest BCUT2D eigenvalue weighted by Crippen LogP contribution is 2.25. The highest BCUT2D eigenvalue weighted by Gasteiger charge is 2.09. The summed E-state index contributed by atoms with van der Waals surface area (Å²) in [7, 11) is 3.10. The Morgan fingerprint density at radius 2 is 1.69 bits per heavy atom. The Morgan fingerprint density at radius 3 is 2.25 bits per heavy atom. The number of hydrogen-bond donors (Lipinski definition) is 0. The molecule has 2 rings (SSSR count). The molecule has 0 amide bonds. The lowest BCUT2D eigenvalue weighted by Crippen LogP contribution is -1.97. The molecule has 0 N–H and O–H groups in total. The molecule has 84 valence electrons. The molecule has 0 aliphatic heterocycles. The predicted molar refractivity (Wildman–Crippen MR) is 65.3 cm³/mol. The van der Waals surface area contributed by atoms with Crippen LogP contribution in [0.4, 0.5) is 0 Å². The monoisotopic (exact) mass is 282 g/mol. The van der Waals surface area contributed by atoms with Gasteiger partial charge in [-0.15, -0.1) is 0 Å². The SMILES string of the molecule is COc1nc2ccc(CBr)cc2nc1OC. The van der Waals surface area contributed by atoms with E-state index in [1.807, 2.05) is 18.2 Å². The van der Waals surface area contributed by atoms with Crippen molar-refractivity contribution in [3.8, 4) is 11.8 Å². The lowest BCUT2D eigenvalue weighted by Gasteiger charge is -2.07. The Kier molecular flexibility index (Phi) is 3.24. The Bertz CT molecular complexity index is 517. The maximum absolute atomic E-state index is 5.11. The normalized spacial score (nSPS) is 10.4. The molecule has 0 bridgehead atoms. The van der Waals surface area contributed by atoms with Gasteiger partial charge < -0.3 is 9.47 Å². The van der Waals surface area contributed by atoms with Crippen LogP contribution in [0.2, 0.25) is 0 Å². The van der Waals surface area contributed by atoms with Crippen molar-refractivity contribution in [1.29, 1.82) is 0 Å². The van der Waals surface area contributed by atoms with E-state index in [1.165, 1.54) is 0 Å². The van der Waals surface area contributed by atoms with Crippen LogP contribution in [0, 0.1) is 0 Å². The van der Waals surface area contributed by atoms with Gasteiger partial charge in [0.15, 0.2) is 0 Å². The fraction of sp³-hybridized carbons (Fsp3) is 0.273. The summed E-state index contributed by atoms with van der Waals surface area (Å²) >= 11 is 3.40. The van der Waals surface area contributed by atoms with Crippen LogP contribution in [0.3, 0.4) is 0 Å². The quantitative estimate of drug-likeness (QED) is 0.812. The Balaban J connectivity index is 2.63. The first-order chi connectivity index (χ1) is 7.78. The van der Waals surface area contributed by atoms with Gasteiger partial charge in [-0.2, -0.15) is 0 Å². The number of rotatable bonds is 3. The Morgan fingerprint density at radius 1 is 1.06 bits per heavy atom. The van der Waals surface area contributed by atoms with Crippen LogP contribution in [-0.2, 0) is 5.33 Å². The summed E-state index contributed by atoms with van der Waals surface area (Å²) in [5.41, 5.74) is 2.74. The van der Waals surface area contributed by atoms with Crippen LogP contribution in [0.15, 0.2) is 18.2 Å². The number of methoxy groups -OCH3 is 2. The zero-order valence-electron chi connectivity index (χ0n) is 9.03. The topological polar surface area (TPSA) is 44.2 Å². The van der Waals surface area contributed by atoms with E-state index >= 15 is 0 Å². The van der Waals surface area contributed by atoms with Gasteiger partial charge in [-0.3, -0.25) is 0 Å². The maximum atomic E-state index is 5.11. The van der Waals surface area contributed by atoms with Gasteiger partial charge in [0.1, 0.15) is 0 Å². The minimum atomic E-state index is 0.404. The van der Waals surface area contributed by atoms with Crippen LogP contribution < -0.4 is 9.47 Å². The fourth-order valence-electron chi connectivity index (χ4n) is 1.42. The summed E-state index contributed by atoms with van der Waals surface area (Å²) < 4.78 is 10.2.